The van der Waals surface area contributed by atoms with Crippen molar-refractivity contribution < 1.29 is 63.0 Å². The van der Waals surface area contributed by atoms with Gasteiger partial charge in [0.15, 0.2) is 0 Å². The average Bonchev–Trinajstić information content (AvgIpc) is 3.37. The molecule has 0 spiro atoms. The Hall–Kier alpha value is -6.11. The normalized spacial score (nSPS) is 15.8. The standard InChI is InChI=1S/C50H96N16O13/c1-8-28(4)11-9-10-12-39(70)59-33(14-20-52)47(76)66-41(31(7)68)50(79)64-35(16-22-54)45(74)63-37(46(75)61-32(13-19-51)43(72)58-26-38(56)69)18-24-57-49(78)40(30(6)67)65-48(77)36(17-23-55)62-44(73)34(15-21-53)60-42(71)29(5)25-27(2)3/h27-37,40-41,67-68H,8-26,51-55H2,1-7H3,(H2,56,69)(H,57,78)(H,58,72)(H,59,70)(H,60,71)(H,61,75)(H,62,73)(H,63,74)(H,64,79)(H,65,77)(H,66,76)/t28-,29-,30+,31+,32-,33-,34-,35-,36-,37-,40-,41-/m0/s1. The first-order valence-electron chi connectivity index (χ1n) is 27.3. The molecular formula is C50H96N16O13. The molecule has 29 heteroatoms. The van der Waals surface area contributed by atoms with Crippen LogP contribution >= 0.6 is 0 Å². The molecule has 0 aromatic heterocycles. The minimum absolute atomic E-state index is 0.0113. The molecule has 24 N–H and O–H groups in total. The van der Waals surface area contributed by atoms with Crippen LogP contribution in [0.25, 0.3) is 0 Å². The Bertz CT molecular complexity index is 1950. The Morgan fingerprint density at radius 2 is 0.785 bits per heavy atom. The molecule has 0 aliphatic heterocycles. The number of hydrogen-bond acceptors (Lipinski definition) is 18. The number of hydrogen-bond donors (Lipinski definition) is 18. The van der Waals surface area contributed by atoms with Crippen molar-refractivity contribution in [1.29, 1.82) is 0 Å². The highest BCUT2D eigenvalue weighted by molar-refractivity contribution is 5.98. The lowest BCUT2D eigenvalue weighted by Gasteiger charge is -2.28. The van der Waals surface area contributed by atoms with Gasteiger partial charge in [0.2, 0.25) is 65.0 Å². The van der Waals surface area contributed by atoms with Crippen LogP contribution in [-0.4, -0.2) is 182 Å². The summed E-state index contributed by atoms with van der Waals surface area (Å²) in [4.78, 5) is 146. The maximum Gasteiger partial charge on any atom is 0.245 e. The number of unbranched alkanes of at least 4 members (excludes halogenated alkanes) is 1. The first kappa shape index (κ1) is 72.9. The van der Waals surface area contributed by atoms with Crippen LogP contribution in [0.15, 0.2) is 0 Å². The molecule has 0 rings (SSSR count). The van der Waals surface area contributed by atoms with Gasteiger partial charge in [0.1, 0.15) is 48.3 Å². The van der Waals surface area contributed by atoms with Crippen LogP contribution in [0.2, 0.25) is 0 Å². The Balaban J connectivity index is 6.59. The zero-order chi connectivity index (χ0) is 60.4. The third kappa shape index (κ3) is 29.6. The fourth-order valence-corrected chi connectivity index (χ4v) is 7.97. The zero-order valence-corrected chi connectivity index (χ0v) is 47.3. The minimum atomic E-state index is -1.69. The predicted octanol–water partition coefficient (Wildman–Crippen LogP) is -6.23. The fourth-order valence-electron chi connectivity index (χ4n) is 7.97. The molecule has 0 saturated heterocycles. The van der Waals surface area contributed by atoms with Gasteiger partial charge in [-0.25, -0.2) is 0 Å². The summed E-state index contributed by atoms with van der Waals surface area (Å²) in [5.41, 5.74) is 33.9. The van der Waals surface area contributed by atoms with Crippen molar-refractivity contribution in [1.82, 2.24) is 53.2 Å². The number of aliphatic hydroxyl groups excluding tert-OH is 2. The summed E-state index contributed by atoms with van der Waals surface area (Å²) < 4.78 is 0. The molecule has 0 saturated carbocycles. The van der Waals surface area contributed by atoms with E-state index in [4.69, 9.17) is 34.4 Å². The summed E-state index contributed by atoms with van der Waals surface area (Å²) in [6.07, 6.45) is -0.115. The molecule has 454 valence electrons. The lowest BCUT2D eigenvalue weighted by molar-refractivity contribution is -0.136. The van der Waals surface area contributed by atoms with E-state index in [1.165, 1.54) is 13.8 Å². The van der Waals surface area contributed by atoms with Crippen molar-refractivity contribution in [3.05, 3.63) is 0 Å². The van der Waals surface area contributed by atoms with Gasteiger partial charge >= 0.3 is 0 Å². The molecule has 0 aromatic carbocycles. The molecule has 0 fully saturated rings. The third-order valence-electron chi connectivity index (χ3n) is 12.7. The van der Waals surface area contributed by atoms with E-state index >= 15 is 0 Å². The first-order valence-corrected chi connectivity index (χ1v) is 27.3. The van der Waals surface area contributed by atoms with Crippen molar-refractivity contribution in [3.63, 3.8) is 0 Å². The van der Waals surface area contributed by atoms with Crippen LogP contribution in [0.5, 0.6) is 0 Å². The molecule has 79 heavy (non-hydrogen) atoms. The second-order valence-corrected chi connectivity index (χ2v) is 20.3. The first-order chi connectivity index (χ1) is 37.2. The van der Waals surface area contributed by atoms with Gasteiger partial charge in [-0.1, -0.05) is 53.9 Å². The van der Waals surface area contributed by atoms with E-state index in [1.807, 2.05) is 13.8 Å². The van der Waals surface area contributed by atoms with Gasteiger partial charge in [-0.3, -0.25) is 52.7 Å². The summed E-state index contributed by atoms with van der Waals surface area (Å²) in [5.74, 6) is -8.93. The van der Waals surface area contributed by atoms with Gasteiger partial charge in [0.25, 0.3) is 0 Å². The van der Waals surface area contributed by atoms with Crippen molar-refractivity contribution in [3.8, 4) is 0 Å². The molecule has 11 amide bonds. The van der Waals surface area contributed by atoms with E-state index < -0.39 is 151 Å². The van der Waals surface area contributed by atoms with Gasteiger partial charge in [-0.15, -0.1) is 0 Å². The molecule has 0 unspecified atom stereocenters. The minimum Gasteiger partial charge on any atom is -0.391 e. The van der Waals surface area contributed by atoms with Crippen molar-refractivity contribution in [2.24, 2.45) is 52.2 Å². The fraction of sp³-hybridized carbons (Fsp3) is 0.780. The summed E-state index contributed by atoms with van der Waals surface area (Å²) in [5, 5.41) is 46.1. The van der Waals surface area contributed by atoms with E-state index in [1.54, 1.807) is 6.92 Å². The Morgan fingerprint density at radius 3 is 1.18 bits per heavy atom. The molecule has 0 heterocycles. The lowest BCUT2D eigenvalue weighted by Crippen LogP contribution is -2.61. The third-order valence-corrected chi connectivity index (χ3v) is 12.7. The van der Waals surface area contributed by atoms with Gasteiger partial charge in [0, 0.05) is 18.9 Å². The number of aliphatic hydroxyl groups is 2. The topological polar surface area (TPSA) is 505 Å². The maximum absolute atomic E-state index is 14.0. The number of carbonyl (C=O) groups excluding carboxylic acids is 11. The van der Waals surface area contributed by atoms with Crippen molar-refractivity contribution >= 4 is 65.0 Å². The van der Waals surface area contributed by atoms with E-state index in [2.05, 4.69) is 67.0 Å². The van der Waals surface area contributed by atoms with Crippen LogP contribution in [0.3, 0.4) is 0 Å². The second kappa shape index (κ2) is 40.1. The number of carbonyl (C=O) groups is 11. The highest BCUT2D eigenvalue weighted by Crippen LogP contribution is 2.14. The van der Waals surface area contributed by atoms with Gasteiger partial charge in [0.05, 0.1) is 18.8 Å². The summed E-state index contributed by atoms with van der Waals surface area (Å²) in [7, 11) is 0. The molecule has 0 aliphatic rings. The predicted molar refractivity (Wildman–Crippen MR) is 294 cm³/mol. The van der Waals surface area contributed by atoms with Crippen molar-refractivity contribution in [2.75, 3.05) is 45.8 Å². The van der Waals surface area contributed by atoms with Gasteiger partial charge < -0.3 is 97.8 Å². The van der Waals surface area contributed by atoms with Crippen LogP contribution < -0.4 is 87.6 Å². The number of nitrogens with one attached hydrogen (secondary N) is 10. The van der Waals surface area contributed by atoms with Crippen LogP contribution in [0.4, 0.5) is 0 Å². The number of amides is 11. The van der Waals surface area contributed by atoms with E-state index in [0.717, 1.165) is 19.3 Å². The Labute approximate surface area is 464 Å². The SMILES string of the molecule is CC[C@H](C)CCCCC(=O)N[C@@H](CCN)C(=O)N[C@H](C(=O)N[C@@H](CCN)C(=O)N[C@@H](CCNC(=O)[C@@H](NC(=O)[C@H](CCN)NC(=O)[C@H](CCN)NC(=O)[C@@H](C)CC(C)C)[C@@H](C)O)C(=O)N[C@@H](CCN)C(=O)NCC(N)=O)[C@@H](C)O. The number of primary amides is 1. The molecule has 0 aromatic rings. The van der Waals surface area contributed by atoms with Crippen LogP contribution in [0.1, 0.15) is 126 Å². The van der Waals surface area contributed by atoms with E-state index in [0.29, 0.717) is 18.8 Å². The van der Waals surface area contributed by atoms with Gasteiger partial charge in [-0.05, 0) is 110 Å². The average molecular weight is 1130 g/mol. The second-order valence-electron chi connectivity index (χ2n) is 20.3. The monoisotopic (exact) mass is 1130 g/mol. The largest absolute Gasteiger partial charge is 0.391 e. The van der Waals surface area contributed by atoms with Crippen LogP contribution in [-0.2, 0) is 52.7 Å². The summed E-state index contributed by atoms with van der Waals surface area (Å²) in [6.45, 7) is 10.6. The summed E-state index contributed by atoms with van der Waals surface area (Å²) >= 11 is 0. The maximum atomic E-state index is 14.0. The highest BCUT2D eigenvalue weighted by Gasteiger charge is 2.36. The number of rotatable bonds is 42. The number of nitrogens with two attached hydrogens (primary N) is 6. The molecule has 0 bridgehead atoms. The van der Waals surface area contributed by atoms with E-state index in [9.17, 15) is 63.0 Å². The molecule has 0 aliphatic carbocycles. The molecular weight excluding hydrogens is 1030 g/mol. The van der Waals surface area contributed by atoms with E-state index in [-0.39, 0.29) is 77.2 Å². The van der Waals surface area contributed by atoms with Gasteiger partial charge in [-0.2, -0.15) is 0 Å². The molecule has 12 atom stereocenters. The molecule has 29 nitrogen and oxygen atoms in total. The zero-order valence-electron chi connectivity index (χ0n) is 47.3. The van der Waals surface area contributed by atoms with Crippen LogP contribution in [0, 0.1) is 17.8 Å². The Morgan fingerprint density at radius 1 is 0.418 bits per heavy atom. The molecule has 0 radical (unpaired) electrons. The highest BCUT2D eigenvalue weighted by atomic mass is 16.3. The summed E-state index contributed by atoms with van der Waals surface area (Å²) in [6, 6.07) is -11.6. The smallest absolute Gasteiger partial charge is 0.245 e. The quantitative estimate of drug-likeness (QED) is 0.0253. The van der Waals surface area contributed by atoms with Crippen molar-refractivity contribution in [2.45, 2.75) is 186 Å². The Kier molecular flexibility index (Phi) is 37.0. The lowest BCUT2D eigenvalue weighted by atomic mass is 9.97.